The number of benzene rings is 2. The Kier molecular flexibility index (Phi) is 11.9. The van der Waals surface area contributed by atoms with Crippen molar-refractivity contribution in [2.24, 2.45) is 0 Å². The molecule has 2 aromatic carbocycles. The summed E-state index contributed by atoms with van der Waals surface area (Å²) in [4.78, 5) is 12.2. The summed E-state index contributed by atoms with van der Waals surface area (Å²) >= 11 is 6.54. The standard InChI is InChI=1S/C30H41ClO4/c1-3-5-6-7-8-9-10-14-30(32)34-22-26-12-11-13-29(35-26)24-17-20-28(31)27(21-24)23-15-18-25(19-16-23)33-4-2/h15-21,26,29H,3-14,22H2,1-2H3/t26-,29+/m1/s1. The highest BCUT2D eigenvalue weighted by atomic mass is 35.5. The van der Waals surface area contributed by atoms with Crippen LogP contribution in [-0.4, -0.2) is 25.3 Å². The molecule has 0 radical (unpaired) electrons. The van der Waals surface area contributed by atoms with E-state index in [2.05, 4.69) is 13.0 Å². The SMILES string of the molecule is CCCCCCCCCC(=O)OC[C@H]1CCC[C@@H](c2ccc(Cl)c(-c3ccc(OCC)cc3)c2)O1. The van der Waals surface area contributed by atoms with Crippen LogP contribution in [0, 0.1) is 0 Å². The maximum Gasteiger partial charge on any atom is 0.305 e. The second-order valence-electron chi connectivity index (χ2n) is 9.43. The quantitative estimate of drug-likeness (QED) is 0.192. The van der Waals surface area contributed by atoms with Crippen molar-refractivity contribution in [3.63, 3.8) is 0 Å². The van der Waals surface area contributed by atoms with Crippen LogP contribution in [0.15, 0.2) is 42.5 Å². The normalized spacial score (nSPS) is 17.8. The average Bonchev–Trinajstić information content (AvgIpc) is 2.88. The lowest BCUT2D eigenvalue weighted by molar-refractivity contribution is -0.152. The van der Waals surface area contributed by atoms with Crippen LogP contribution in [0.1, 0.15) is 96.1 Å². The van der Waals surface area contributed by atoms with Gasteiger partial charge in [-0.2, -0.15) is 0 Å². The number of unbranched alkanes of at least 4 members (excludes halogenated alkanes) is 6. The van der Waals surface area contributed by atoms with E-state index in [9.17, 15) is 4.79 Å². The van der Waals surface area contributed by atoms with Crippen LogP contribution in [0.2, 0.25) is 5.02 Å². The number of carbonyl (C=O) groups is 1. The van der Waals surface area contributed by atoms with Gasteiger partial charge in [0.2, 0.25) is 0 Å². The molecule has 5 heteroatoms. The Hall–Kier alpha value is -2.04. The number of halogens is 1. The Morgan fingerprint density at radius 3 is 2.46 bits per heavy atom. The molecule has 4 nitrogen and oxygen atoms in total. The Bertz CT molecular complexity index is 896. The van der Waals surface area contributed by atoms with E-state index in [1.165, 1.54) is 32.1 Å². The maximum absolute atomic E-state index is 12.2. The molecule has 3 rings (SSSR count). The minimum atomic E-state index is -0.103. The first-order chi connectivity index (χ1) is 17.1. The molecule has 1 aliphatic heterocycles. The van der Waals surface area contributed by atoms with Crippen LogP contribution in [0.5, 0.6) is 5.75 Å². The molecule has 0 unspecified atom stereocenters. The molecule has 0 amide bonds. The van der Waals surface area contributed by atoms with Crippen molar-refractivity contribution in [2.75, 3.05) is 13.2 Å². The van der Waals surface area contributed by atoms with Crippen molar-refractivity contribution in [1.82, 2.24) is 0 Å². The van der Waals surface area contributed by atoms with E-state index >= 15 is 0 Å². The lowest BCUT2D eigenvalue weighted by atomic mass is 9.95. The Balaban J connectivity index is 1.48. The van der Waals surface area contributed by atoms with E-state index in [4.69, 9.17) is 25.8 Å². The second-order valence-corrected chi connectivity index (χ2v) is 9.84. The van der Waals surface area contributed by atoms with E-state index in [0.29, 0.717) is 24.7 Å². The smallest absolute Gasteiger partial charge is 0.305 e. The Morgan fingerprint density at radius 2 is 1.71 bits per heavy atom. The zero-order valence-corrected chi connectivity index (χ0v) is 22.2. The van der Waals surface area contributed by atoms with Gasteiger partial charge in [-0.25, -0.2) is 0 Å². The monoisotopic (exact) mass is 500 g/mol. The van der Waals surface area contributed by atoms with Gasteiger partial charge in [0.15, 0.2) is 0 Å². The topological polar surface area (TPSA) is 44.8 Å². The predicted molar refractivity (Wildman–Crippen MR) is 143 cm³/mol. The number of esters is 1. The van der Waals surface area contributed by atoms with Gasteiger partial charge in [-0.3, -0.25) is 4.79 Å². The van der Waals surface area contributed by atoms with E-state index in [-0.39, 0.29) is 18.2 Å². The zero-order valence-electron chi connectivity index (χ0n) is 21.4. The zero-order chi connectivity index (χ0) is 24.9. The molecular weight excluding hydrogens is 460 g/mol. The molecule has 0 aliphatic carbocycles. The molecule has 0 spiro atoms. The fourth-order valence-electron chi connectivity index (χ4n) is 4.61. The summed E-state index contributed by atoms with van der Waals surface area (Å²) in [5.41, 5.74) is 3.14. The minimum absolute atomic E-state index is 0.0192. The molecule has 1 heterocycles. The highest BCUT2D eigenvalue weighted by Gasteiger charge is 2.25. The van der Waals surface area contributed by atoms with Crippen LogP contribution >= 0.6 is 11.6 Å². The Morgan fingerprint density at radius 1 is 0.971 bits per heavy atom. The summed E-state index contributed by atoms with van der Waals surface area (Å²) < 4.78 is 17.5. The van der Waals surface area contributed by atoms with Crippen molar-refractivity contribution in [3.8, 4) is 16.9 Å². The van der Waals surface area contributed by atoms with Gasteiger partial charge < -0.3 is 14.2 Å². The minimum Gasteiger partial charge on any atom is -0.494 e. The lowest BCUT2D eigenvalue weighted by Gasteiger charge is -2.30. The molecule has 192 valence electrons. The first kappa shape index (κ1) is 27.5. The third kappa shape index (κ3) is 9.16. The molecule has 1 saturated heterocycles. The fraction of sp³-hybridized carbons (Fsp3) is 0.567. The lowest BCUT2D eigenvalue weighted by Crippen LogP contribution is -2.28. The van der Waals surface area contributed by atoms with E-state index in [1.807, 2.05) is 43.3 Å². The first-order valence-corrected chi connectivity index (χ1v) is 13.8. The highest BCUT2D eigenvalue weighted by molar-refractivity contribution is 6.33. The van der Waals surface area contributed by atoms with E-state index in [0.717, 1.165) is 54.5 Å². The molecule has 2 atom stereocenters. The van der Waals surface area contributed by atoms with Crippen LogP contribution < -0.4 is 4.74 Å². The van der Waals surface area contributed by atoms with Gasteiger partial charge in [0.25, 0.3) is 0 Å². The third-order valence-corrected chi connectivity index (χ3v) is 6.93. The molecule has 0 saturated carbocycles. The molecule has 35 heavy (non-hydrogen) atoms. The van der Waals surface area contributed by atoms with Gasteiger partial charge in [-0.15, -0.1) is 0 Å². The number of rotatable bonds is 14. The van der Waals surface area contributed by atoms with Gasteiger partial charge >= 0.3 is 5.97 Å². The maximum atomic E-state index is 12.2. The largest absolute Gasteiger partial charge is 0.494 e. The predicted octanol–water partition coefficient (Wildman–Crippen LogP) is 8.70. The molecular formula is C30H41ClO4. The Labute approximate surface area is 216 Å². The molecule has 2 aromatic rings. The van der Waals surface area contributed by atoms with Crippen LogP contribution in [0.3, 0.4) is 0 Å². The summed E-state index contributed by atoms with van der Waals surface area (Å²) in [6.07, 6.45) is 11.7. The molecule has 0 bridgehead atoms. The summed E-state index contributed by atoms with van der Waals surface area (Å²) in [7, 11) is 0. The number of hydrogen-bond donors (Lipinski definition) is 0. The first-order valence-electron chi connectivity index (χ1n) is 13.4. The summed E-state index contributed by atoms with van der Waals surface area (Å²) in [6.45, 7) is 5.18. The number of hydrogen-bond acceptors (Lipinski definition) is 4. The van der Waals surface area contributed by atoms with Crippen LogP contribution in [0.25, 0.3) is 11.1 Å². The second kappa shape index (κ2) is 15.2. The van der Waals surface area contributed by atoms with Gasteiger partial charge in [0.1, 0.15) is 12.4 Å². The van der Waals surface area contributed by atoms with Gasteiger partial charge in [0, 0.05) is 17.0 Å². The van der Waals surface area contributed by atoms with E-state index in [1.54, 1.807) is 0 Å². The molecule has 1 fully saturated rings. The fourth-order valence-corrected chi connectivity index (χ4v) is 4.84. The van der Waals surface area contributed by atoms with Crippen molar-refractivity contribution in [2.45, 2.75) is 96.7 Å². The number of carbonyl (C=O) groups excluding carboxylic acids is 1. The molecule has 1 aliphatic rings. The summed E-state index contributed by atoms with van der Waals surface area (Å²) in [6, 6.07) is 14.1. The van der Waals surface area contributed by atoms with Gasteiger partial charge in [-0.05, 0) is 68.0 Å². The summed E-state index contributed by atoms with van der Waals surface area (Å²) in [5.74, 6) is 0.747. The molecule has 0 N–H and O–H groups in total. The van der Waals surface area contributed by atoms with E-state index < -0.39 is 0 Å². The van der Waals surface area contributed by atoms with Crippen molar-refractivity contribution in [3.05, 3.63) is 53.1 Å². The van der Waals surface area contributed by atoms with Crippen molar-refractivity contribution in [1.29, 1.82) is 0 Å². The molecule has 0 aromatic heterocycles. The third-order valence-electron chi connectivity index (χ3n) is 6.60. The van der Waals surface area contributed by atoms with Crippen molar-refractivity contribution >= 4 is 17.6 Å². The van der Waals surface area contributed by atoms with Gasteiger partial charge in [0.05, 0.1) is 18.8 Å². The van der Waals surface area contributed by atoms with Crippen LogP contribution in [-0.2, 0) is 14.3 Å². The van der Waals surface area contributed by atoms with Gasteiger partial charge in [-0.1, -0.05) is 75.2 Å². The highest BCUT2D eigenvalue weighted by Crippen LogP contribution is 2.36. The number of ether oxygens (including phenoxy) is 3. The average molecular weight is 501 g/mol. The van der Waals surface area contributed by atoms with Crippen LogP contribution in [0.4, 0.5) is 0 Å². The van der Waals surface area contributed by atoms with Crippen molar-refractivity contribution < 1.29 is 19.0 Å². The summed E-state index contributed by atoms with van der Waals surface area (Å²) in [5, 5.41) is 0.713.